The Morgan fingerprint density at radius 3 is 2.59 bits per heavy atom. The second-order valence-corrected chi connectivity index (χ2v) is 4.82. The Balaban J connectivity index is 1.76. The van der Waals surface area contributed by atoms with Crippen molar-refractivity contribution in [1.29, 1.82) is 0 Å². The Morgan fingerprint density at radius 1 is 1.35 bits per heavy atom. The normalized spacial score (nSPS) is 14.5. The molecular formula is C14H19NO2. The molecule has 0 saturated heterocycles. The first-order valence-electron chi connectivity index (χ1n) is 6.08. The topological polar surface area (TPSA) is 29.5 Å². The number of carbonyl (C=O) groups excluding carboxylic acids is 1. The molecule has 0 aliphatic heterocycles. The molecule has 3 nitrogen and oxygen atoms in total. The van der Waals surface area contributed by atoms with Crippen LogP contribution in [0.4, 0.5) is 0 Å². The largest absolute Gasteiger partial charge is 0.484 e. The van der Waals surface area contributed by atoms with Gasteiger partial charge in [0.25, 0.3) is 5.91 Å². The zero-order chi connectivity index (χ0) is 12.3. The van der Waals surface area contributed by atoms with E-state index in [1.165, 1.54) is 18.4 Å². The highest BCUT2D eigenvalue weighted by Crippen LogP contribution is 2.29. The van der Waals surface area contributed by atoms with Gasteiger partial charge in [0, 0.05) is 13.6 Å². The van der Waals surface area contributed by atoms with Gasteiger partial charge in [-0.2, -0.15) is 0 Å². The van der Waals surface area contributed by atoms with Crippen LogP contribution in [0.15, 0.2) is 24.3 Å². The third-order valence-electron chi connectivity index (χ3n) is 3.04. The van der Waals surface area contributed by atoms with Crippen molar-refractivity contribution in [3.63, 3.8) is 0 Å². The van der Waals surface area contributed by atoms with E-state index in [-0.39, 0.29) is 12.5 Å². The number of nitrogens with zero attached hydrogens (tertiary/aromatic N) is 1. The molecule has 1 aliphatic rings. The highest BCUT2D eigenvalue weighted by Gasteiger charge is 2.24. The molecule has 1 fully saturated rings. The Labute approximate surface area is 102 Å². The SMILES string of the molecule is Cc1ccc(OCC(=O)N(C)CC2CC2)cc1. The van der Waals surface area contributed by atoms with Crippen LogP contribution in [0.2, 0.25) is 0 Å². The molecule has 1 saturated carbocycles. The number of carbonyl (C=O) groups is 1. The van der Waals surface area contributed by atoms with E-state index in [1.54, 1.807) is 4.90 Å². The van der Waals surface area contributed by atoms with E-state index in [1.807, 2.05) is 38.2 Å². The Bertz CT molecular complexity index is 382. The van der Waals surface area contributed by atoms with Gasteiger partial charge in [0.2, 0.25) is 0 Å². The van der Waals surface area contributed by atoms with Gasteiger partial charge in [0.1, 0.15) is 5.75 Å². The minimum absolute atomic E-state index is 0.0532. The molecule has 1 aliphatic carbocycles. The van der Waals surface area contributed by atoms with Gasteiger partial charge in [-0.1, -0.05) is 17.7 Å². The van der Waals surface area contributed by atoms with E-state index in [0.29, 0.717) is 0 Å². The average molecular weight is 233 g/mol. The molecule has 1 amide bonds. The lowest BCUT2D eigenvalue weighted by Gasteiger charge is -2.17. The number of aryl methyl sites for hydroxylation is 1. The zero-order valence-electron chi connectivity index (χ0n) is 10.5. The molecule has 2 rings (SSSR count). The molecule has 0 heterocycles. The molecule has 1 aromatic rings. The highest BCUT2D eigenvalue weighted by atomic mass is 16.5. The van der Waals surface area contributed by atoms with Gasteiger partial charge in [0.05, 0.1) is 0 Å². The number of likely N-dealkylation sites (N-methyl/N-ethyl adjacent to an activating group) is 1. The fourth-order valence-electron chi connectivity index (χ4n) is 1.68. The highest BCUT2D eigenvalue weighted by molar-refractivity contribution is 5.77. The van der Waals surface area contributed by atoms with Crippen molar-refractivity contribution in [2.24, 2.45) is 5.92 Å². The average Bonchev–Trinajstić information content (AvgIpc) is 3.11. The number of rotatable bonds is 5. The monoisotopic (exact) mass is 233 g/mol. The van der Waals surface area contributed by atoms with Crippen molar-refractivity contribution < 1.29 is 9.53 Å². The van der Waals surface area contributed by atoms with Gasteiger partial charge in [-0.15, -0.1) is 0 Å². The summed E-state index contributed by atoms with van der Waals surface area (Å²) in [5, 5.41) is 0. The van der Waals surface area contributed by atoms with Crippen molar-refractivity contribution in [2.75, 3.05) is 20.2 Å². The second-order valence-electron chi connectivity index (χ2n) is 4.82. The Morgan fingerprint density at radius 2 is 2.00 bits per heavy atom. The smallest absolute Gasteiger partial charge is 0.260 e. The van der Waals surface area contributed by atoms with E-state index in [4.69, 9.17) is 4.74 Å². The van der Waals surface area contributed by atoms with Gasteiger partial charge in [-0.25, -0.2) is 0 Å². The van der Waals surface area contributed by atoms with Crippen LogP contribution in [0, 0.1) is 12.8 Å². The molecule has 0 spiro atoms. The van der Waals surface area contributed by atoms with Gasteiger partial charge < -0.3 is 9.64 Å². The maximum Gasteiger partial charge on any atom is 0.260 e. The summed E-state index contributed by atoms with van der Waals surface area (Å²) in [4.78, 5) is 13.5. The summed E-state index contributed by atoms with van der Waals surface area (Å²) in [5.41, 5.74) is 1.19. The lowest BCUT2D eigenvalue weighted by Crippen LogP contribution is -2.32. The summed E-state index contributed by atoms with van der Waals surface area (Å²) >= 11 is 0. The van der Waals surface area contributed by atoms with E-state index < -0.39 is 0 Å². The molecule has 0 unspecified atom stereocenters. The third kappa shape index (κ3) is 3.77. The van der Waals surface area contributed by atoms with Crippen molar-refractivity contribution in [3.8, 4) is 5.75 Å². The van der Waals surface area contributed by atoms with E-state index >= 15 is 0 Å². The summed E-state index contributed by atoms with van der Waals surface area (Å²) in [7, 11) is 1.85. The molecule has 92 valence electrons. The first-order valence-corrected chi connectivity index (χ1v) is 6.08. The standard InChI is InChI=1S/C14H19NO2/c1-11-3-7-13(8-4-11)17-10-14(16)15(2)9-12-5-6-12/h3-4,7-8,12H,5-6,9-10H2,1-2H3. The summed E-state index contributed by atoms with van der Waals surface area (Å²) in [6.07, 6.45) is 2.52. The summed E-state index contributed by atoms with van der Waals surface area (Å²) < 4.78 is 5.45. The van der Waals surface area contributed by atoms with E-state index in [2.05, 4.69) is 0 Å². The molecule has 17 heavy (non-hydrogen) atoms. The Hall–Kier alpha value is -1.51. The van der Waals surface area contributed by atoms with Crippen molar-refractivity contribution in [1.82, 2.24) is 4.90 Å². The van der Waals surface area contributed by atoms with Crippen LogP contribution in [0.1, 0.15) is 18.4 Å². The van der Waals surface area contributed by atoms with Crippen molar-refractivity contribution in [2.45, 2.75) is 19.8 Å². The number of ether oxygens (including phenoxy) is 1. The fraction of sp³-hybridized carbons (Fsp3) is 0.500. The predicted molar refractivity (Wildman–Crippen MR) is 67.0 cm³/mol. The van der Waals surface area contributed by atoms with E-state index in [9.17, 15) is 4.79 Å². The van der Waals surface area contributed by atoms with Crippen LogP contribution in [-0.4, -0.2) is 31.0 Å². The maximum absolute atomic E-state index is 11.7. The van der Waals surface area contributed by atoms with E-state index in [0.717, 1.165) is 18.2 Å². The van der Waals surface area contributed by atoms with Gasteiger partial charge in [0.15, 0.2) is 6.61 Å². The first kappa shape index (κ1) is 12.0. The van der Waals surface area contributed by atoms with Crippen LogP contribution in [-0.2, 0) is 4.79 Å². The van der Waals surface area contributed by atoms with Crippen LogP contribution >= 0.6 is 0 Å². The third-order valence-corrected chi connectivity index (χ3v) is 3.04. The molecule has 0 radical (unpaired) electrons. The quantitative estimate of drug-likeness (QED) is 0.780. The Kier molecular flexibility index (Phi) is 3.67. The van der Waals surface area contributed by atoms with Crippen molar-refractivity contribution in [3.05, 3.63) is 29.8 Å². The predicted octanol–water partition coefficient (Wildman–Crippen LogP) is 2.24. The minimum Gasteiger partial charge on any atom is -0.484 e. The molecule has 1 aromatic carbocycles. The number of benzene rings is 1. The maximum atomic E-state index is 11.7. The minimum atomic E-state index is 0.0532. The molecule has 0 atom stereocenters. The van der Waals surface area contributed by atoms with Crippen LogP contribution in [0.5, 0.6) is 5.75 Å². The zero-order valence-corrected chi connectivity index (χ0v) is 10.5. The van der Waals surface area contributed by atoms with Gasteiger partial charge >= 0.3 is 0 Å². The number of hydrogen-bond donors (Lipinski definition) is 0. The van der Waals surface area contributed by atoms with Gasteiger partial charge in [-0.05, 0) is 37.8 Å². The fourth-order valence-corrected chi connectivity index (χ4v) is 1.68. The summed E-state index contributed by atoms with van der Waals surface area (Å²) in [5.74, 6) is 1.53. The first-order chi connectivity index (χ1) is 8.15. The van der Waals surface area contributed by atoms with Gasteiger partial charge in [-0.3, -0.25) is 4.79 Å². The molecule has 0 bridgehead atoms. The molecular weight excluding hydrogens is 214 g/mol. The number of amides is 1. The van der Waals surface area contributed by atoms with Crippen molar-refractivity contribution >= 4 is 5.91 Å². The van der Waals surface area contributed by atoms with Crippen LogP contribution in [0.3, 0.4) is 0 Å². The molecule has 3 heteroatoms. The number of hydrogen-bond acceptors (Lipinski definition) is 2. The summed E-state index contributed by atoms with van der Waals surface area (Å²) in [6.45, 7) is 3.03. The second kappa shape index (κ2) is 5.21. The molecule has 0 N–H and O–H groups in total. The van der Waals surface area contributed by atoms with Crippen LogP contribution in [0.25, 0.3) is 0 Å². The molecule has 0 aromatic heterocycles. The lowest BCUT2D eigenvalue weighted by molar-refractivity contribution is -0.132. The van der Waals surface area contributed by atoms with Crippen LogP contribution < -0.4 is 4.74 Å². The lowest BCUT2D eigenvalue weighted by atomic mass is 10.2. The summed E-state index contributed by atoms with van der Waals surface area (Å²) in [6, 6.07) is 7.74.